The molecule has 8 N–H and O–H groups in total. The summed E-state index contributed by atoms with van der Waals surface area (Å²) in [6.07, 6.45) is 8.02. The fraction of sp³-hybridized carbons (Fsp3) is 0.553. The van der Waals surface area contributed by atoms with E-state index < -0.39 is 54.5 Å². The van der Waals surface area contributed by atoms with Gasteiger partial charge in [0.25, 0.3) is 0 Å². The molecule has 2 aromatic rings. The average molecular weight is 786 g/mol. The Morgan fingerprint density at radius 1 is 0.554 bits per heavy atom. The summed E-state index contributed by atoms with van der Waals surface area (Å²) >= 11 is 0. The third kappa shape index (κ3) is 21.3. The number of rotatable bonds is 30. The first-order valence-corrected chi connectivity index (χ1v) is 18.9. The van der Waals surface area contributed by atoms with Crippen molar-refractivity contribution in [3.05, 3.63) is 60.2 Å². The van der Waals surface area contributed by atoms with Crippen LogP contribution in [0.25, 0.3) is 0 Å². The minimum absolute atomic E-state index is 0.0194. The molecule has 2 aromatic heterocycles. The first kappa shape index (κ1) is 46.5. The lowest BCUT2D eigenvalue weighted by atomic mass is 10.1. The topological polar surface area (TPSA) is 278 Å². The summed E-state index contributed by atoms with van der Waals surface area (Å²) < 4.78 is 0. The van der Waals surface area contributed by atoms with E-state index in [0.717, 1.165) is 17.8 Å². The number of unbranched alkanes of at least 4 members (excludes halogenated alkanes) is 5. The second-order valence-corrected chi connectivity index (χ2v) is 13.4. The van der Waals surface area contributed by atoms with Crippen molar-refractivity contribution < 1.29 is 54.0 Å². The largest absolute Gasteiger partial charge is 0.481 e. The highest BCUT2D eigenvalue weighted by molar-refractivity contribution is 5.86. The summed E-state index contributed by atoms with van der Waals surface area (Å²) in [4.78, 5) is 93.2. The Bertz CT molecular complexity index is 1490. The molecule has 56 heavy (non-hydrogen) atoms. The van der Waals surface area contributed by atoms with Gasteiger partial charge in [-0.3, -0.25) is 29.3 Å². The number of hydrogen-bond donors (Lipinski definition) is 8. The molecule has 0 aliphatic rings. The Morgan fingerprint density at radius 3 is 1.55 bits per heavy atom. The molecule has 18 nitrogen and oxygen atoms in total. The first-order chi connectivity index (χ1) is 26.8. The van der Waals surface area contributed by atoms with Crippen molar-refractivity contribution in [2.24, 2.45) is 0 Å². The fourth-order valence-electron chi connectivity index (χ4n) is 5.72. The lowest BCUT2D eigenvalue weighted by molar-refractivity contribution is -0.142. The van der Waals surface area contributed by atoms with E-state index >= 15 is 0 Å². The molecule has 0 aliphatic heterocycles. The van der Waals surface area contributed by atoms with Gasteiger partial charge in [0.1, 0.15) is 18.1 Å². The van der Waals surface area contributed by atoms with Gasteiger partial charge in [0.15, 0.2) is 0 Å². The third-order valence-electron chi connectivity index (χ3n) is 8.73. The van der Waals surface area contributed by atoms with Crippen LogP contribution in [0, 0.1) is 0 Å². The molecule has 4 amide bonds. The Hall–Kier alpha value is -5.65. The van der Waals surface area contributed by atoms with E-state index in [-0.39, 0.29) is 44.0 Å². The highest BCUT2D eigenvalue weighted by Crippen LogP contribution is 2.12. The van der Waals surface area contributed by atoms with Crippen molar-refractivity contribution in [1.29, 1.82) is 0 Å². The third-order valence-corrected chi connectivity index (χ3v) is 8.73. The van der Waals surface area contributed by atoms with Crippen molar-refractivity contribution >= 4 is 41.7 Å². The second kappa shape index (κ2) is 27.0. The van der Waals surface area contributed by atoms with Crippen LogP contribution < -0.4 is 21.3 Å². The molecule has 0 radical (unpaired) electrons. The second-order valence-electron chi connectivity index (χ2n) is 13.4. The lowest BCUT2D eigenvalue weighted by Gasteiger charge is -2.22. The van der Waals surface area contributed by atoms with Crippen LogP contribution in [0.3, 0.4) is 0 Å². The zero-order chi connectivity index (χ0) is 41.1. The molecule has 0 spiro atoms. The van der Waals surface area contributed by atoms with Gasteiger partial charge in [-0.15, -0.1) is 0 Å². The number of hydrogen-bond acceptors (Lipinski definition) is 10. The van der Waals surface area contributed by atoms with E-state index in [2.05, 4.69) is 36.1 Å². The maximum absolute atomic E-state index is 12.5. The number of carbonyl (C=O) groups is 7. The summed E-state index contributed by atoms with van der Waals surface area (Å²) in [5.74, 6) is -5.61. The van der Waals surface area contributed by atoms with Gasteiger partial charge < -0.3 is 41.7 Å². The van der Waals surface area contributed by atoms with Crippen LogP contribution in [-0.2, 0) is 41.9 Å². The van der Waals surface area contributed by atoms with Gasteiger partial charge in [0.2, 0.25) is 11.8 Å². The van der Waals surface area contributed by atoms with Gasteiger partial charge in [-0.25, -0.2) is 19.2 Å². The van der Waals surface area contributed by atoms with E-state index in [4.69, 9.17) is 10.2 Å². The van der Waals surface area contributed by atoms with Crippen molar-refractivity contribution in [1.82, 2.24) is 36.1 Å². The first-order valence-electron chi connectivity index (χ1n) is 18.9. The lowest BCUT2D eigenvalue weighted by Crippen LogP contribution is -2.51. The highest BCUT2D eigenvalue weighted by atomic mass is 16.4. The van der Waals surface area contributed by atoms with Crippen molar-refractivity contribution in [3.63, 3.8) is 0 Å². The Morgan fingerprint density at radius 2 is 1.05 bits per heavy atom. The number of carboxylic acids is 4. The average Bonchev–Trinajstić information content (AvgIpc) is 3.15. The molecule has 3 atom stereocenters. The summed E-state index contributed by atoms with van der Waals surface area (Å²) in [7, 11) is 0. The molecule has 0 saturated carbocycles. The van der Waals surface area contributed by atoms with Crippen LogP contribution in [0.2, 0.25) is 0 Å². The van der Waals surface area contributed by atoms with Gasteiger partial charge in [0.05, 0.1) is 11.4 Å². The van der Waals surface area contributed by atoms with Gasteiger partial charge in [0, 0.05) is 51.3 Å². The van der Waals surface area contributed by atoms with Crippen molar-refractivity contribution in [3.8, 4) is 0 Å². The number of nitrogens with zero attached hydrogens (tertiary/aromatic N) is 3. The fourth-order valence-corrected chi connectivity index (χ4v) is 5.72. The smallest absolute Gasteiger partial charge is 0.326 e. The van der Waals surface area contributed by atoms with E-state index in [1.807, 2.05) is 36.4 Å². The molecule has 0 bridgehead atoms. The molecule has 2 heterocycles. The normalized spacial score (nSPS) is 12.5. The number of carbonyl (C=O) groups excluding carboxylic acids is 3. The number of nitrogens with one attached hydrogen (secondary N) is 4. The van der Waals surface area contributed by atoms with Crippen LogP contribution >= 0.6 is 0 Å². The molecule has 2 rings (SSSR count). The summed E-state index contributed by atoms with van der Waals surface area (Å²) in [5.41, 5.74) is 1.85. The Balaban J connectivity index is 1.58. The van der Waals surface area contributed by atoms with Gasteiger partial charge in [-0.2, -0.15) is 0 Å². The maximum Gasteiger partial charge on any atom is 0.326 e. The number of aromatic nitrogens is 2. The van der Waals surface area contributed by atoms with Crippen LogP contribution in [0.4, 0.5) is 4.79 Å². The van der Waals surface area contributed by atoms with E-state index in [9.17, 15) is 43.8 Å². The molecule has 0 fully saturated rings. The predicted octanol–water partition coefficient (Wildman–Crippen LogP) is 2.92. The Kier molecular flexibility index (Phi) is 22.4. The maximum atomic E-state index is 12.5. The Labute approximate surface area is 325 Å². The number of urea groups is 1. The van der Waals surface area contributed by atoms with Gasteiger partial charge in [-0.05, 0) is 88.6 Å². The number of pyridine rings is 2. The molecule has 0 saturated heterocycles. The molecule has 308 valence electrons. The summed E-state index contributed by atoms with van der Waals surface area (Å²) in [6, 6.07) is 6.67. The summed E-state index contributed by atoms with van der Waals surface area (Å²) in [5, 5.41) is 46.6. The van der Waals surface area contributed by atoms with Crippen LogP contribution in [0.5, 0.6) is 0 Å². The molecular formula is C38H55N7O11. The van der Waals surface area contributed by atoms with E-state index in [1.165, 1.54) is 0 Å². The van der Waals surface area contributed by atoms with Gasteiger partial charge in [-0.1, -0.05) is 25.0 Å². The zero-order valence-corrected chi connectivity index (χ0v) is 31.6. The molecule has 0 aliphatic carbocycles. The minimum Gasteiger partial charge on any atom is -0.481 e. The number of carboxylic acid groups (broad SMARTS) is 4. The quantitative estimate of drug-likeness (QED) is 0.0529. The van der Waals surface area contributed by atoms with Gasteiger partial charge >= 0.3 is 29.9 Å². The van der Waals surface area contributed by atoms with Crippen molar-refractivity contribution in [2.75, 3.05) is 13.1 Å². The SMILES string of the molecule is O=C(O)CC[C@H](NC(=O)N[C@@H](CCCCNC(=O)CCCCCCC(=O)NC(CCCCN(Cc1ccccn1)Cc1ccccn1)C(=O)O)C(=O)O)C(=O)O. The molecule has 1 unspecified atom stereocenters. The number of amides is 4. The zero-order valence-electron chi connectivity index (χ0n) is 31.6. The molecule has 18 heteroatoms. The standard InChI is InChI=1S/C38H55N7O11/c46-32(41-23-11-7-15-30(36(52)53)43-38(56)44-31(37(54)55)19-20-34(48)49)17-3-1-2-4-18-33(47)42-29(35(50)51)16-8-12-24-45(25-27-13-5-9-21-39-27)26-28-14-6-10-22-40-28/h5-6,9-10,13-14,21-22,29-31H,1-4,7-8,11-12,15-20,23-26H2,(H,41,46)(H,42,47)(H,48,49)(H,50,51)(H,52,53)(H,54,55)(H2,43,44,56)/t29?,30-,31-/m0/s1. The molecular weight excluding hydrogens is 730 g/mol. The summed E-state index contributed by atoms with van der Waals surface area (Å²) in [6.45, 7) is 2.25. The number of aliphatic carboxylic acids is 4. The monoisotopic (exact) mass is 785 g/mol. The predicted molar refractivity (Wildman–Crippen MR) is 202 cm³/mol. The molecule has 0 aromatic carbocycles. The van der Waals surface area contributed by atoms with Crippen LogP contribution in [0.15, 0.2) is 48.8 Å². The van der Waals surface area contributed by atoms with E-state index in [0.29, 0.717) is 71.0 Å². The minimum atomic E-state index is -1.50. The van der Waals surface area contributed by atoms with Crippen LogP contribution in [-0.4, -0.2) is 108 Å². The van der Waals surface area contributed by atoms with Crippen LogP contribution in [0.1, 0.15) is 101 Å². The van der Waals surface area contributed by atoms with E-state index in [1.54, 1.807) is 12.4 Å². The highest BCUT2D eigenvalue weighted by Gasteiger charge is 2.25. The van der Waals surface area contributed by atoms with Crippen molar-refractivity contribution in [2.45, 2.75) is 121 Å².